The van der Waals surface area contributed by atoms with E-state index in [2.05, 4.69) is 4.98 Å². The molecule has 0 radical (unpaired) electrons. The Morgan fingerprint density at radius 1 is 1.26 bits per heavy atom. The van der Waals surface area contributed by atoms with Gasteiger partial charge in [-0.3, -0.25) is 4.98 Å². The predicted molar refractivity (Wildman–Crippen MR) is 75.3 cm³/mol. The van der Waals surface area contributed by atoms with Crippen LogP contribution in [0.4, 0.5) is 0 Å². The molecule has 5 heteroatoms. The molecule has 0 unspecified atom stereocenters. The molecule has 0 aromatic carbocycles. The molecule has 2 rings (SSSR count). The lowest BCUT2D eigenvalue weighted by molar-refractivity contribution is -0.0982. The van der Waals surface area contributed by atoms with E-state index in [-0.39, 0.29) is 0 Å². The van der Waals surface area contributed by atoms with Gasteiger partial charge in [0, 0.05) is 23.3 Å². The van der Waals surface area contributed by atoms with Crippen LogP contribution in [-0.2, 0) is 4.65 Å². The quantitative estimate of drug-likeness (QED) is 0.784. The first-order valence-electron chi connectivity index (χ1n) is 6.75. The van der Waals surface area contributed by atoms with Crippen LogP contribution in [0.1, 0.15) is 52.1 Å². The Bertz CT molecular complexity index is 435. The van der Waals surface area contributed by atoms with Crippen molar-refractivity contribution in [1.82, 2.24) is 4.98 Å². The molecular formula is C14H22BNO3. The monoisotopic (exact) mass is 263 g/mol. The Balaban J connectivity index is 2.04. The second-order valence-electron chi connectivity index (χ2n) is 6.33. The fourth-order valence-electron chi connectivity index (χ4n) is 1.67. The summed E-state index contributed by atoms with van der Waals surface area (Å²) in [5.41, 5.74) is -0.212. The largest absolute Gasteiger partial charge is 0.493 e. The minimum absolute atomic E-state index is 0.597. The van der Waals surface area contributed by atoms with E-state index in [9.17, 15) is 10.1 Å². The van der Waals surface area contributed by atoms with E-state index >= 15 is 0 Å². The average Bonchev–Trinajstić information content (AvgIpc) is 3.11. The number of pyridine rings is 1. The summed E-state index contributed by atoms with van der Waals surface area (Å²) in [6.07, 6.45) is 4.06. The Morgan fingerprint density at radius 2 is 1.89 bits per heavy atom. The molecule has 0 saturated heterocycles. The highest BCUT2D eigenvalue weighted by Crippen LogP contribution is 2.38. The van der Waals surface area contributed by atoms with Crippen LogP contribution >= 0.6 is 0 Å². The maximum absolute atomic E-state index is 10.1. The van der Waals surface area contributed by atoms with Crippen LogP contribution in [-0.4, -0.2) is 33.4 Å². The van der Waals surface area contributed by atoms with Crippen LogP contribution in [0.3, 0.4) is 0 Å². The maximum atomic E-state index is 10.1. The molecule has 104 valence electrons. The lowest BCUT2D eigenvalue weighted by Gasteiger charge is -2.38. The third kappa shape index (κ3) is 3.35. The summed E-state index contributed by atoms with van der Waals surface area (Å²) in [6, 6.07) is 3.78. The van der Waals surface area contributed by atoms with Gasteiger partial charge in [-0.15, -0.1) is 0 Å². The summed E-state index contributed by atoms with van der Waals surface area (Å²) < 4.78 is 5.57. The minimum atomic E-state index is -1.08. The second kappa shape index (κ2) is 4.89. The molecule has 19 heavy (non-hydrogen) atoms. The maximum Gasteiger partial charge on any atom is 0.493 e. The molecule has 1 saturated carbocycles. The van der Waals surface area contributed by atoms with E-state index in [1.165, 1.54) is 12.8 Å². The van der Waals surface area contributed by atoms with Crippen LogP contribution in [0.2, 0.25) is 0 Å². The summed E-state index contributed by atoms with van der Waals surface area (Å²) in [5, 5.41) is 20.1. The normalized spacial score (nSPS) is 16.5. The Labute approximate surface area is 115 Å². The summed E-state index contributed by atoms with van der Waals surface area (Å²) >= 11 is 0. The topological polar surface area (TPSA) is 62.6 Å². The van der Waals surface area contributed by atoms with Crippen molar-refractivity contribution >= 4 is 12.6 Å². The van der Waals surface area contributed by atoms with Crippen molar-refractivity contribution in [3.05, 3.63) is 24.0 Å². The number of hydrogen-bond acceptors (Lipinski definition) is 4. The van der Waals surface area contributed by atoms with Crippen molar-refractivity contribution in [3.8, 4) is 0 Å². The SMILES string of the molecule is CC(C)(O)C(C)(C)OB(O)c1ccc(C2CC2)nc1. The summed E-state index contributed by atoms with van der Waals surface area (Å²) in [6.45, 7) is 6.83. The molecule has 1 fully saturated rings. The first-order valence-corrected chi connectivity index (χ1v) is 6.75. The molecule has 1 aromatic heterocycles. The summed E-state index contributed by atoms with van der Waals surface area (Å²) in [5.74, 6) is 0.597. The van der Waals surface area contributed by atoms with Gasteiger partial charge in [0.2, 0.25) is 0 Å². The van der Waals surface area contributed by atoms with E-state index in [1.54, 1.807) is 33.9 Å². The molecule has 0 bridgehead atoms. The van der Waals surface area contributed by atoms with Crippen molar-refractivity contribution < 1.29 is 14.8 Å². The van der Waals surface area contributed by atoms with E-state index < -0.39 is 18.3 Å². The predicted octanol–water partition coefficient (Wildman–Crippen LogP) is 1.21. The third-order valence-electron chi connectivity index (χ3n) is 3.97. The Morgan fingerprint density at radius 3 is 2.32 bits per heavy atom. The van der Waals surface area contributed by atoms with Gasteiger partial charge in [-0.2, -0.15) is 0 Å². The smallest absolute Gasteiger partial charge is 0.423 e. The molecule has 0 atom stereocenters. The second-order valence-corrected chi connectivity index (χ2v) is 6.33. The molecule has 2 N–H and O–H groups in total. The number of nitrogens with zero attached hydrogens (tertiary/aromatic N) is 1. The van der Waals surface area contributed by atoms with Gasteiger partial charge in [0.15, 0.2) is 0 Å². The van der Waals surface area contributed by atoms with Crippen LogP contribution in [0, 0.1) is 0 Å². The van der Waals surface area contributed by atoms with Crippen molar-refractivity contribution in [1.29, 1.82) is 0 Å². The molecule has 0 amide bonds. The zero-order valence-corrected chi connectivity index (χ0v) is 12.1. The zero-order chi connectivity index (χ0) is 14.3. The lowest BCUT2D eigenvalue weighted by atomic mass is 9.77. The highest BCUT2D eigenvalue weighted by molar-refractivity contribution is 6.60. The fraction of sp³-hybridized carbons (Fsp3) is 0.643. The van der Waals surface area contributed by atoms with Gasteiger partial charge < -0.3 is 14.8 Å². The highest BCUT2D eigenvalue weighted by Gasteiger charge is 2.39. The van der Waals surface area contributed by atoms with Gasteiger partial charge in [0.1, 0.15) is 0 Å². The van der Waals surface area contributed by atoms with E-state index in [0.717, 1.165) is 5.69 Å². The first-order chi connectivity index (χ1) is 8.71. The van der Waals surface area contributed by atoms with Crippen molar-refractivity contribution in [2.24, 2.45) is 0 Å². The molecule has 1 aromatic rings. The molecular weight excluding hydrogens is 241 g/mol. The minimum Gasteiger partial charge on any atom is -0.423 e. The van der Waals surface area contributed by atoms with Crippen LogP contribution in [0.25, 0.3) is 0 Å². The Kier molecular flexibility index (Phi) is 3.73. The fourth-order valence-corrected chi connectivity index (χ4v) is 1.67. The van der Waals surface area contributed by atoms with Gasteiger partial charge in [-0.25, -0.2) is 0 Å². The molecule has 1 aliphatic carbocycles. The average molecular weight is 263 g/mol. The molecule has 0 aliphatic heterocycles. The van der Waals surface area contributed by atoms with Gasteiger partial charge >= 0.3 is 7.12 Å². The van der Waals surface area contributed by atoms with Crippen LogP contribution in [0.15, 0.2) is 18.3 Å². The Hall–Kier alpha value is -0.905. The van der Waals surface area contributed by atoms with Crippen molar-refractivity contribution in [3.63, 3.8) is 0 Å². The molecule has 0 spiro atoms. The van der Waals surface area contributed by atoms with Crippen molar-refractivity contribution in [2.75, 3.05) is 0 Å². The van der Waals surface area contributed by atoms with Gasteiger partial charge in [0.05, 0.1) is 11.2 Å². The molecule has 1 heterocycles. The third-order valence-corrected chi connectivity index (χ3v) is 3.97. The van der Waals surface area contributed by atoms with Gasteiger partial charge in [0.25, 0.3) is 0 Å². The van der Waals surface area contributed by atoms with Gasteiger partial charge in [-0.1, -0.05) is 6.07 Å². The number of hydrogen-bond donors (Lipinski definition) is 2. The highest BCUT2D eigenvalue weighted by atomic mass is 16.5. The van der Waals surface area contributed by atoms with E-state index in [0.29, 0.717) is 11.4 Å². The molecule has 4 nitrogen and oxygen atoms in total. The molecule has 1 aliphatic rings. The van der Waals surface area contributed by atoms with Crippen molar-refractivity contribution in [2.45, 2.75) is 57.7 Å². The summed E-state index contributed by atoms with van der Waals surface area (Å²) in [7, 11) is -1.08. The van der Waals surface area contributed by atoms with Gasteiger partial charge in [-0.05, 0) is 46.6 Å². The van der Waals surface area contributed by atoms with E-state index in [4.69, 9.17) is 4.65 Å². The zero-order valence-electron chi connectivity index (χ0n) is 12.1. The lowest BCUT2D eigenvalue weighted by Crippen LogP contribution is -2.53. The number of rotatable bonds is 5. The first kappa shape index (κ1) is 14.5. The summed E-state index contributed by atoms with van der Waals surface area (Å²) in [4.78, 5) is 4.35. The van der Waals surface area contributed by atoms with Crippen LogP contribution in [0.5, 0.6) is 0 Å². The van der Waals surface area contributed by atoms with E-state index in [1.807, 2.05) is 12.1 Å². The van der Waals surface area contributed by atoms with Crippen LogP contribution < -0.4 is 5.46 Å². The number of aliphatic hydroxyl groups is 1. The standard InChI is InChI=1S/C14H22BNO3/c1-13(2,17)14(3,4)19-15(18)11-7-8-12(16-9-11)10-5-6-10/h7-10,17-18H,5-6H2,1-4H3. The number of aromatic nitrogens is 1.